The fourth-order valence-corrected chi connectivity index (χ4v) is 5.97. The number of ketones is 1. The van der Waals surface area contributed by atoms with E-state index in [2.05, 4.69) is 0 Å². The lowest BCUT2D eigenvalue weighted by atomic mass is 9.94. The van der Waals surface area contributed by atoms with Crippen LogP contribution in [0.3, 0.4) is 0 Å². The second-order valence-electron chi connectivity index (χ2n) is 9.45. The molecule has 9 heteroatoms. The van der Waals surface area contributed by atoms with Crippen molar-refractivity contribution in [2.45, 2.75) is 33.7 Å². The molecule has 5 rings (SSSR count). The summed E-state index contributed by atoms with van der Waals surface area (Å²) >= 11 is 7.42. The molecule has 1 amide bonds. The van der Waals surface area contributed by atoms with E-state index in [-0.39, 0.29) is 17.2 Å². The molecule has 0 fully saturated rings. The molecule has 0 saturated heterocycles. The Morgan fingerprint density at radius 2 is 1.73 bits per heavy atom. The first kappa shape index (κ1) is 27.6. The van der Waals surface area contributed by atoms with Gasteiger partial charge in [-0.3, -0.25) is 19.0 Å². The topological polar surface area (TPSA) is 84.9 Å². The summed E-state index contributed by atoms with van der Waals surface area (Å²) in [5, 5.41) is 0.568. The minimum Gasteiger partial charge on any atom is -0.457 e. The summed E-state index contributed by atoms with van der Waals surface area (Å²) in [6, 6.07) is 17.4. The van der Waals surface area contributed by atoms with Crippen LogP contribution in [0.1, 0.15) is 55.4 Å². The van der Waals surface area contributed by atoms with Crippen molar-refractivity contribution in [2.24, 2.45) is 4.99 Å². The third-order valence-electron chi connectivity index (χ3n) is 6.96. The van der Waals surface area contributed by atoms with Gasteiger partial charge < -0.3 is 9.32 Å². The second kappa shape index (κ2) is 11.2. The van der Waals surface area contributed by atoms with Gasteiger partial charge in [0.25, 0.3) is 11.5 Å². The van der Waals surface area contributed by atoms with Crippen molar-refractivity contribution in [3.8, 4) is 11.3 Å². The van der Waals surface area contributed by atoms with Crippen molar-refractivity contribution in [3.63, 3.8) is 0 Å². The van der Waals surface area contributed by atoms with Crippen LogP contribution in [-0.4, -0.2) is 34.2 Å². The van der Waals surface area contributed by atoms with Crippen LogP contribution in [0.25, 0.3) is 17.4 Å². The van der Waals surface area contributed by atoms with Gasteiger partial charge in [0.1, 0.15) is 11.5 Å². The first-order valence-electron chi connectivity index (χ1n) is 13.0. The largest absolute Gasteiger partial charge is 0.457 e. The molecule has 1 aliphatic rings. The van der Waals surface area contributed by atoms with Crippen LogP contribution in [0.5, 0.6) is 0 Å². The Morgan fingerprint density at radius 1 is 1.05 bits per heavy atom. The second-order valence-corrected chi connectivity index (χ2v) is 10.9. The molecule has 0 bridgehead atoms. The first-order valence-corrected chi connectivity index (χ1v) is 14.2. The van der Waals surface area contributed by atoms with E-state index in [9.17, 15) is 14.4 Å². The molecular weight excluding hydrogens is 546 g/mol. The Morgan fingerprint density at radius 3 is 2.35 bits per heavy atom. The molecule has 1 aliphatic heterocycles. The molecule has 0 aliphatic carbocycles. The number of likely N-dealkylation sites (N-methyl/N-ethyl adjacent to an activating group) is 1. The van der Waals surface area contributed by atoms with E-state index in [1.165, 1.54) is 18.3 Å². The van der Waals surface area contributed by atoms with E-state index in [1.54, 1.807) is 45.9 Å². The number of rotatable bonds is 7. The van der Waals surface area contributed by atoms with Gasteiger partial charge >= 0.3 is 0 Å². The summed E-state index contributed by atoms with van der Waals surface area (Å²) in [5.41, 5.74) is 3.02. The molecule has 2 aromatic heterocycles. The van der Waals surface area contributed by atoms with Crippen LogP contribution in [0, 0.1) is 0 Å². The van der Waals surface area contributed by atoms with E-state index in [0.29, 0.717) is 55.8 Å². The van der Waals surface area contributed by atoms with Gasteiger partial charge in [0.2, 0.25) is 0 Å². The third kappa shape index (κ3) is 5.12. The molecule has 0 radical (unpaired) electrons. The zero-order valence-corrected chi connectivity index (χ0v) is 24.2. The number of amides is 1. The van der Waals surface area contributed by atoms with Crippen LogP contribution in [-0.2, 0) is 4.79 Å². The summed E-state index contributed by atoms with van der Waals surface area (Å²) in [6.07, 6.45) is 1.70. The van der Waals surface area contributed by atoms with Gasteiger partial charge in [0.15, 0.2) is 10.6 Å². The quantitative estimate of drug-likeness (QED) is 0.284. The van der Waals surface area contributed by atoms with E-state index < -0.39 is 6.04 Å². The maximum absolute atomic E-state index is 13.9. The Hall–Kier alpha value is -4.01. The molecule has 4 aromatic rings. The lowest BCUT2D eigenvalue weighted by molar-refractivity contribution is -0.127. The molecule has 3 heterocycles. The van der Waals surface area contributed by atoms with Gasteiger partial charge in [-0.25, -0.2) is 4.99 Å². The smallest absolute Gasteiger partial charge is 0.271 e. The number of allylic oxidation sites excluding steroid dienone is 1. The number of Topliss-reactive ketones (excluding diaryl/α,β-unsaturated/α-hetero) is 1. The number of nitrogens with zero attached hydrogens (tertiary/aromatic N) is 3. The highest BCUT2D eigenvalue weighted by atomic mass is 35.5. The van der Waals surface area contributed by atoms with Crippen molar-refractivity contribution in [1.29, 1.82) is 0 Å². The first-order chi connectivity index (χ1) is 19.2. The molecular formula is C31H28ClN3O4S. The molecule has 7 nitrogen and oxygen atoms in total. The summed E-state index contributed by atoms with van der Waals surface area (Å²) in [7, 11) is 0. The Kier molecular flexibility index (Phi) is 7.74. The zero-order chi connectivity index (χ0) is 28.6. The average Bonchev–Trinajstić information content (AvgIpc) is 3.53. The normalized spacial score (nSPS) is 15.1. The van der Waals surface area contributed by atoms with E-state index in [1.807, 2.05) is 51.1 Å². The number of hydrogen-bond donors (Lipinski definition) is 0. The van der Waals surface area contributed by atoms with Gasteiger partial charge in [-0.15, -0.1) is 0 Å². The highest BCUT2D eigenvalue weighted by Crippen LogP contribution is 2.32. The van der Waals surface area contributed by atoms with Gasteiger partial charge in [-0.2, -0.15) is 0 Å². The van der Waals surface area contributed by atoms with Gasteiger partial charge in [-0.05, 0) is 57.5 Å². The van der Waals surface area contributed by atoms with Crippen molar-refractivity contribution in [2.75, 3.05) is 13.1 Å². The predicted octanol–water partition coefficient (Wildman–Crippen LogP) is 5.22. The molecule has 0 N–H and O–H groups in total. The molecule has 0 spiro atoms. The SMILES string of the molecule is CCN(CC)C(=O)C1=C(C)N=c2s/c(=C/c3ccc(-c4ccc(C(C)=O)cc4)o3)c(=O)n2[C@H]1c1ccc(Cl)cc1. The van der Waals surface area contributed by atoms with Gasteiger partial charge in [0, 0.05) is 35.3 Å². The number of halogens is 1. The fourth-order valence-electron chi connectivity index (χ4n) is 4.82. The number of fused-ring (bicyclic) bond motifs is 1. The number of aromatic nitrogens is 1. The molecule has 0 unspecified atom stereocenters. The number of benzene rings is 2. The summed E-state index contributed by atoms with van der Waals surface area (Å²) in [6.45, 7) is 8.28. The van der Waals surface area contributed by atoms with Crippen LogP contribution >= 0.6 is 22.9 Å². The molecule has 0 saturated carbocycles. The van der Waals surface area contributed by atoms with Crippen LogP contribution in [0.2, 0.25) is 5.02 Å². The van der Waals surface area contributed by atoms with Gasteiger partial charge in [-0.1, -0.05) is 59.3 Å². The van der Waals surface area contributed by atoms with Crippen molar-refractivity contribution < 1.29 is 14.0 Å². The van der Waals surface area contributed by atoms with E-state index in [0.717, 1.165) is 11.1 Å². The predicted molar refractivity (Wildman–Crippen MR) is 157 cm³/mol. The summed E-state index contributed by atoms with van der Waals surface area (Å²) in [4.78, 5) is 46.1. The molecule has 2 aromatic carbocycles. The number of furan rings is 1. The van der Waals surface area contributed by atoms with Crippen molar-refractivity contribution in [3.05, 3.63) is 114 Å². The number of carbonyl (C=O) groups excluding carboxylic acids is 2. The minimum atomic E-state index is -0.643. The lowest BCUT2D eigenvalue weighted by Gasteiger charge is -2.29. The van der Waals surface area contributed by atoms with E-state index in [4.69, 9.17) is 21.0 Å². The zero-order valence-electron chi connectivity index (χ0n) is 22.6. The van der Waals surface area contributed by atoms with E-state index >= 15 is 0 Å². The number of thiazole rings is 1. The highest BCUT2D eigenvalue weighted by Gasteiger charge is 2.34. The average molecular weight is 574 g/mol. The number of hydrogen-bond acceptors (Lipinski definition) is 6. The van der Waals surface area contributed by atoms with Crippen LogP contribution < -0.4 is 14.9 Å². The van der Waals surface area contributed by atoms with Crippen LogP contribution in [0.15, 0.2) is 86.1 Å². The maximum atomic E-state index is 13.9. The summed E-state index contributed by atoms with van der Waals surface area (Å²) < 4.78 is 8.06. The lowest BCUT2D eigenvalue weighted by Crippen LogP contribution is -2.43. The Labute approximate surface area is 240 Å². The molecule has 1 atom stereocenters. The van der Waals surface area contributed by atoms with Crippen molar-refractivity contribution in [1.82, 2.24) is 9.47 Å². The fraction of sp³-hybridized carbons (Fsp3) is 0.226. The highest BCUT2D eigenvalue weighted by molar-refractivity contribution is 7.07. The monoisotopic (exact) mass is 573 g/mol. The van der Waals surface area contributed by atoms with Crippen LogP contribution in [0.4, 0.5) is 0 Å². The standard InChI is InChI=1S/C31H28ClN3O4S/c1-5-34(6-2)30(38)27-18(3)33-31-35(28(27)22-11-13-23(32)14-12-22)29(37)26(40-31)17-24-15-16-25(39-24)21-9-7-20(8-10-21)19(4)36/h7-17,28H,5-6H2,1-4H3/b26-17+/t28-/m0/s1. The Balaban J connectivity index is 1.60. The summed E-state index contributed by atoms with van der Waals surface area (Å²) in [5.74, 6) is 0.980. The Bertz CT molecular complexity index is 1810. The maximum Gasteiger partial charge on any atom is 0.271 e. The molecule has 40 heavy (non-hydrogen) atoms. The van der Waals surface area contributed by atoms with Gasteiger partial charge in [0.05, 0.1) is 21.8 Å². The number of carbonyl (C=O) groups is 2. The third-order valence-corrected chi connectivity index (χ3v) is 8.20. The van der Waals surface area contributed by atoms with Crippen molar-refractivity contribution >= 4 is 40.7 Å². The molecule has 204 valence electrons. The minimum absolute atomic E-state index is 0.00356.